The van der Waals surface area contributed by atoms with E-state index < -0.39 is 21.2 Å². The lowest BCUT2D eigenvalue weighted by Gasteiger charge is -2.18. The first-order valence-corrected chi connectivity index (χ1v) is 7.91. The fourth-order valence-corrected chi connectivity index (χ4v) is 5.32. The zero-order valence-corrected chi connectivity index (χ0v) is 11.3. The van der Waals surface area contributed by atoms with Gasteiger partial charge >= 0.3 is 0 Å². The Hall–Kier alpha value is -0.0900. The van der Waals surface area contributed by atoms with Gasteiger partial charge in [0.1, 0.15) is 0 Å². The van der Waals surface area contributed by atoms with Crippen molar-refractivity contribution in [1.82, 2.24) is 0 Å². The average molecular weight is 248 g/mol. The SMILES string of the molecule is CCCC(C)CC1CCC(C(C)O)S1(=O)=O. The Morgan fingerprint density at radius 2 is 1.94 bits per heavy atom. The van der Waals surface area contributed by atoms with Crippen LogP contribution < -0.4 is 0 Å². The molecule has 96 valence electrons. The van der Waals surface area contributed by atoms with Crippen LogP contribution >= 0.6 is 0 Å². The third-order valence-electron chi connectivity index (χ3n) is 3.64. The lowest BCUT2D eigenvalue weighted by Crippen LogP contribution is -2.32. The molecule has 4 unspecified atom stereocenters. The van der Waals surface area contributed by atoms with Gasteiger partial charge in [-0.3, -0.25) is 0 Å². The van der Waals surface area contributed by atoms with Crippen molar-refractivity contribution in [3.63, 3.8) is 0 Å². The zero-order valence-electron chi connectivity index (χ0n) is 10.5. The highest BCUT2D eigenvalue weighted by Crippen LogP contribution is 2.33. The highest BCUT2D eigenvalue weighted by molar-refractivity contribution is 7.93. The Balaban J connectivity index is 2.65. The van der Waals surface area contributed by atoms with Crippen molar-refractivity contribution >= 4 is 9.84 Å². The van der Waals surface area contributed by atoms with Crippen LogP contribution in [0, 0.1) is 5.92 Å². The van der Waals surface area contributed by atoms with Gasteiger partial charge in [-0.05, 0) is 32.1 Å². The summed E-state index contributed by atoms with van der Waals surface area (Å²) in [5, 5.41) is 8.73. The molecule has 0 spiro atoms. The number of aliphatic hydroxyl groups excluding tert-OH is 1. The summed E-state index contributed by atoms with van der Waals surface area (Å²) in [5.74, 6) is 0.470. The van der Waals surface area contributed by atoms with Gasteiger partial charge in [-0.25, -0.2) is 8.42 Å². The Morgan fingerprint density at radius 1 is 1.31 bits per heavy atom. The molecule has 1 heterocycles. The monoisotopic (exact) mass is 248 g/mol. The molecule has 0 amide bonds. The van der Waals surface area contributed by atoms with Gasteiger partial charge in [-0.2, -0.15) is 0 Å². The van der Waals surface area contributed by atoms with Gasteiger partial charge in [0.15, 0.2) is 9.84 Å². The van der Waals surface area contributed by atoms with Crippen molar-refractivity contribution in [2.24, 2.45) is 5.92 Å². The van der Waals surface area contributed by atoms with Crippen molar-refractivity contribution in [1.29, 1.82) is 0 Å². The van der Waals surface area contributed by atoms with Gasteiger partial charge in [0.05, 0.1) is 16.6 Å². The normalized spacial score (nSPS) is 32.5. The van der Waals surface area contributed by atoms with Gasteiger partial charge in [-0.1, -0.05) is 26.7 Å². The number of aliphatic hydroxyl groups is 1. The van der Waals surface area contributed by atoms with Gasteiger partial charge in [0.25, 0.3) is 0 Å². The largest absolute Gasteiger partial charge is 0.392 e. The van der Waals surface area contributed by atoms with E-state index in [-0.39, 0.29) is 5.25 Å². The van der Waals surface area contributed by atoms with E-state index >= 15 is 0 Å². The van der Waals surface area contributed by atoms with Crippen molar-refractivity contribution < 1.29 is 13.5 Å². The van der Waals surface area contributed by atoms with Gasteiger partial charge < -0.3 is 5.11 Å². The molecule has 0 bridgehead atoms. The molecule has 0 aliphatic carbocycles. The van der Waals surface area contributed by atoms with Crippen LogP contribution in [0.2, 0.25) is 0 Å². The molecule has 1 N–H and O–H groups in total. The number of rotatable bonds is 5. The van der Waals surface area contributed by atoms with Crippen LogP contribution in [0.1, 0.15) is 52.9 Å². The topological polar surface area (TPSA) is 54.4 Å². The summed E-state index contributed by atoms with van der Waals surface area (Å²) in [6.45, 7) is 5.83. The van der Waals surface area contributed by atoms with Crippen LogP contribution in [0.3, 0.4) is 0 Å². The van der Waals surface area contributed by atoms with E-state index in [0.29, 0.717) is 12.3 Å². The Kier molecular flexibility index (Phi) is 4.80. The van der Waals surface area contributed by atoms with E-state index in [1.807, 2.05) is 0 Å². The maximum absolute atomic E-state index is 12.1. The first-order valence-electron chi connectivity index (χ1n) is 6.30. The molecule has 16 heavy (non-hydrogen) atoms. The van der Waals surface area contributed by atoms with Gasteiger partial charge in [0, 0.05) is 0 Å². The summed E-state index contributed by atoms with van der Waals surface area (Å²) in [6, 6.07) is 0. The molecular formula is C12H24O3S. The highest BCUT2D eigenvalue weighted by atomic mass is 32.2. The lowest BCUT2D eigenvalue weighted by molar-refractivity contribution is 0.187. The van der Waals surface area contributed by atoms with E-state index in [1.165, 1.54) is 0 Å². The molecule has 0 aromatic rings. The standard InChI is InChI=1S/C12H24O3S/c1-4-5-9(2)8-11-6-7-12(10(3)13)16(11,14)15/h9-13H,4-8H2,1-3H3. The van der Waals surface area contributed by atoms with E-state index in [2.05, 4.69) is 13.8 Å². The molecule has 1 fully saturated rings. The van der Waals surface area contributed by atoms with E-state index in [4.69, 9.17) is 0 Å². The molecule has 1 aliphatic heterocycles. The van der Waals surface area contributed by atoms with Crippen molar-refractivity contribution in [2.45, 2.75) is 69.5 Å². The highest BCUT2D eigenvalue weighted by Gasteiger charge is 2.43. The fourth-order valence-electron chi connectivity index (χ4n) is 2.75. The average Bonchev–Trinajstić information content (AvgIpc) is 2.42. The quantitative estimate of drug-likeness (QED) is 0.811. The molecule has 0 aromatic carbocycles. The molecule has 1 saturated heterocycles. The predicted molar refractivity (Wildman–Crippen MR) is 66.1 cm³/mol. The minimum atomic E-state index is -3.09. The second-order valence-corrected chi connectivity index (χ2v) is 7.65. The summed E-state index contributed by atoms with van der Waals surface area (Å²) < 4.78 is 24.2. The summed E-state index contributed by atoms with van der Waals surface area (Å²) in [7, 11) is -3.09. The zero-order chi connectivity index (χ0) is 12.3. The van der Waals surface area contributed by atoms with Crippen LogP contribution in [0.25, 0.3) is 0 Å². The summed E-state index contributed by atoms with van der Waals surface area (Å²) in [5.41, 5.74) is 0. The summed E-state index contributed by atoms with van der Waals surface area (Å²) in [6.07, 6.45) is 3.59. The molecule has 1 rings (SSSR count). The molecule has 4 atom stereocenters. The fraction of sp³-hybridized carbons (Fsp3) is 1.00. The Morgan fingerprint density at radius 3 is 2.38 bits per heavy atom. The first kappa shape index (κ1) is 14.0. The maximum Gasteiger partial charge on any atom is 0.158 e. The summed E-state index contributed by atoms with van der Waals surface area (Å²) in [4.78, 5) is 0. The van der Waals surface area contributed by atoms with Crippen molar-refractivity contribution in [3.8, 4) is 0 Å². The Labute approximate surface area is 99.2 Å². The molecule has 0 aromatic heterocycles. The predicted octanol–water partition coefficient (Wildman–Crippen LogP) is 2.14. The lowest BCUT2D eigenvalue weighted by atomic mass is 9.98. The third kappa shape index (κ3) is 2.98. The third-order valence-corrected chi connectivity index (χ3v) is 6.48. The maximum atomic E-state index is 12.1. The molecule has 0 radical (unpaired) electrons. The van der Waals surface area contributed by atoms with Gasteiger partial charge in [-0.15, -0.1) is 0 Å². The number of hydrogen-bond donors (Lipinski definition) is 1. The van der Waals surface area contributed by atoms with Crippen LogP contribution in [-0.4, -0.2) is 30.1 Å². The molecule has 0 saturated carbocycles. The van der Waals surface area contributed by atoms with Crippen LogP contribution in [0.15, 0.2) is 0 Å². The van der Waals surface area contributed by atoms with Crippen LogP contribution in [0.4, 0.5) is 0 Å². The summed E-state index contributed by atoms with van der Waals surface area (Å²) >= 11 is 0. The molecule has 4 heteroatoms. The smallest absolute Gasteiger partial charge is 0.158 e. The van der Waals surface area contributed by atoms with Gasteiger partial charge in [0.2, 0.25) is 0 Å². The van der Waals surface area contributed by atoms with Crippen LogP contribution in [-0.2, 0) is 9.84 Å². The second-order valence-electron chi connectivity index (χ2n) is 5.20. The van der Waals surface area contributed by atoms with Crippen LogP contribution in [0.5, 0.6) is 0 Å². The number of hydrogen-bond acceptors (Lipinski definition) is 3. The molecule has 3 nitrogen and oxygen atoms in total. The van der Waals surface area contributed by atoms with Crippen molar-refractivity contribution in [2.75, 3.05) is 0 Å². The van der Waals surface area contributed by atoms with E-state index in [1.54, 1.807) is 6.92 Å². The minimum absolute atomic E-state index is 0.214. The number of sulfone groups is 1. The Bertz CT molecular complexity index is 308. The van der Waals surface area contributed by atoms with E-state index in [0.717, 1.165) is 25.7 Å². The van der Waals surface area contributed by atoms with Crippen molar-refractivity contribution in [3.05, 3.63) is 0 Å². The molecular weight excluding hydrogens is 224 g/mol. The molecule has 1 aliphatic rings. The first-order chi connectivity index (χ1) is 7.39. The minimum Gasteiger partial charge on any atom is -0.392 e. The second kappa shape index (κ2) is 5.50. The van der Waals surface area contributed by atoms with E-state index in [9.17, 15) is 13.5 Å².